The Morgan fingerprint density at radius 2 is 2.10 bits per heavy atom. The Morgan fingerprint density at radius 3 is 2.86 bits per heavy atom. The maximum atomic E-state index is 6.29. The molecule has 0 saturated carbocycles. The summed E-state index contributed by atoms with van der Waals surface area (Å²) in [6, 6.07) is 10.4. The Balaban J connectivity index is 2.15. The molecular weight excluding hydrogens is 464 g/mol. The lowest BCUT2D eigenvalue weighted by Crippen LogP contribution is -2.19. The zero-order valence-electron chi connectivity index (χ0n) is 11.4. The molecule has 0 amide bonds. The van der Waals surface area contributed by atoms with E-state index in [0.717, 1.165) is 33.8 Å². The van der Waals surface area contributed by atoms with Gasteiger partial charge in [0.25, 0.3) is 0 Å². The topological polar surface area (TPSA) is 21.3 Å². The SMILES string of the molecule is CNC(c1cc(Br)ccc1I)c1cc(Cl)cc2c1OCC2. The summed E-state index contributed by atoms with van der Waals surface area (Å²) in [4.78, 5) is 0. The third-order valence-electron chi connectivity index (χ3n) is 3.65. The fraction of sp³-hybridized carbons (Fsp3) is 0.250. The van der Waals surface area contributed by atoms with Crippen molar-refractivity contribution in [1.82, 2.24) is 5.32 Å². The summed E-state index contributed by atoms with van der Waals surface area (Å²) >= 11 is 12.2. The van der Waals surface area contributed by atoms with Gasteiger partial charge in [-0.2, -0.15) is 0 Å². The molecule has 2 nitrogen and oxygen atoms in total. The second kappa shape index (κ2) is 6.44. The van der Waals surface area contributed by atoms with Gasteiger partial charge in [0.1, 0.15) is 5.75 Å². The summed E-state index contributed by atoms with van der Waals surface area (Å²) in [6.45, 7) is 0.731. The van der Waals surface area contributed by atoms with Crippen LogP contribution in [0.2, 0.25) is 5.02 Å². The van der Waals surface area contributed by atoms with Crippen LogP contribution in [0.15, 0.2) is 34.8 Å². The molecule has 1 unspecified atom stereocenters. The third-order valence-corrected chi connectivity index (χ3v) is 5.34. The van der Waals surface area contributed by atoms with Crippen LogP contribution < -0.4 is 10.1 Å². The number of benzene rings is 2. The van der Waals surface area contributed by atoms with E-state index in [9.17, 15) is 0 Å². The smallest absolute Gasteiger partial charge is 0.127 e. The fourth-order valence-corrected chi connectivity index (χ4v) is 4.00. The molecule has 0 aromatic heterocycles. The minimum Gasteiger partial charge on any atom is -0.493 e. The predicted molar refractivity (Wildman–Crippen MR) is 98.4 cm³/mol. The van der Waals surface area contributed by atoms with E-state index in [1.54, 1.807) is 0 Å². The second-order valence-corrected chi connectivity index (χ2v) is 7.48. The minimum absolute atomic E-state index is 0.0555. The van der Waals surface area contributed by atoms with Crippen LogP contribution in [0.5, 0.6) is 5.75 Å². The summed E-state index contributed by atoms with van der Waals surface area (Å²) in [7, 11) is 1.96. The van der Waals surface area contributed by atoms with Gasteiger partial charge in [0, 0.05) is 25.0 Å². The van der Waals surface area contributed by atoms with Crippen molar-refractivity contribution >= 4 is 50.1 Å². The largest absolute Gasteiger partial charge is 0.493 e. The highest BCUT2D eigenvalue weighted by molar-refractivity contribution is 14.1. The molecule has 2 aromatic carbocycles. The van der Waals surface area contributed by atoms with Gasteiger partial charge >= 0.3 is 0 Å². The van der Waals surface area contributed by atoms with Crippen molar-refractivity contribution in [2.75, 3.05) is 13.7 Å². The van der Waals surface area contributed by atoms with Gasteiger partial charge in [0.2, 0.25) is 0 Å². The molecule has 0 bridgehead atoms. The highest BCUT2D eigenvalue weighted by Gasteiger charge is 2.25. The quantitative estimate of drug-likeness (QED) is 0.631. The molecule has 0 radical (unpaired) electrons. The Hall–Kier alpha value is -0.300. The molecule has 3 rings (SSSR count). The molecule has 1 aliphatic rings. The lowest BCUT2D eigenvalue weighted by atomic mass is 9.96. The van der Waals surface area contributed by atoms with Gasteiger partial charge in [-0.05, 0) is 71.1 Å². The lowest BCUT2D eigenvalue weighted by molar-refractivity contribution is 0.351. The summed E-state index contributed by atoms with van der Waals surface area (Å²) in [6.07, 6.45) is 0.925. The fourth-order valence-electron chi connectivity index (χ4n) is 2.73. The van der Waals surface area contributed by atoms with Gasteiger partial charge in [-0.1, -0.05) is 27.5 Å². The van der Waals surface area contributed by atoms with Gasteiger partial charge in [-0.15, -0.1) is 0 Å². The zero-order chi connectivity index (χ0) is 15.0. The second-order valence-electron chi connectivity index (χ2n) is 4.97. The van der Waals surface area contributed by atoms with E-state index in [4.69, 9.17) is 16.3 Å². The number of ether oxygens (including phenoxy) is 1. The average Bonchev–Trinajstić information content (AvgIpc) is 2.91. The molecule has 1 N–H and O–H groups in total. The number of nitrogens with one attached hydrogen (secondary N) is 1. The minimum atomic E-state index is 0.0555. The average molecular weight is 479 g/mol. The third kappa shape index (κ3) is 3.09. The molecule has 0 aliphatic carbocycles. The van der Waals surface area contributed by atoms with Crippen molar-refractivity contribution in [2.24, 2.45) is 0 Å². The first kappa shape index (κ1) is 15.6. The van der Waals surface area contributed by atoms with Crippen LogP contribution >= 0.6 is 50.1 Å². The first-order valence-electron chi connectivity index (χ1n) is 6.67. The van der Waals surface area contributed by atoms with E-state index in [-0.39, 0.29) is 6.04 Å². The number of rotatable bonds is 3. The standard InChI is InChI=1S/C16H14BrClINO/c1-20-15(12-7-10(17)2-3-14(12)19)13-8-11(18)6-9-4-5-21-16(9)13/h2-3,6-8,15,20H,4-5H2,1H3. The van der Waals surface area contributed by atoms with E-state index < -0.39 is 0 Å². The van der Waals surface area contributed by atoms with E-state index in [1.165, 1.54) is 14.7 Å². The first-order chi connectivity index (χ1) is 10.1. The zero-order valence-corrected chi connectivity index (χ0v) is 15.9. The van der Waals surface area contributed by atoms with Crippen molar-refractivity contribution in [3.8, 4) is 5.75 Å². The lowest BCUT2D eigenvalue weighted by Gasteiger charge is -2.21. The molecule has 5 heteroatoms. The summed E-state index contributed by atoms with van der Waals surface area (Å²) in [5, 5.41) is 4.16. The van der Waals surface area contributed by atoms with Crippen LogP contribution in [-0.4, -0.2) is 13.7 Å². The molecule has 0 spiro atoms. The van der Waals surface area contributed by atoms with E-state index in [2.05, 4.69) is 62.0 Å². The highest BCUT2D eigenvalue weighted by atomic mass is 127. The molecule has 1 atom stereocenters. The van der Waals surface area contributed by atoms with Crippen molar-refractivity contribution in [3.63, 3.8) is 0 Å². The highest BCUT2D eigenvalue weighted by Crippen LogP contribution is 2.39. The number of fused-ring (bicyclic) bond motifs is 1. The van der Waals surface area contributed by atoms with Crippen molar-refractivity contribution < 1.29 is 4.74 Å². The van der Waals surface area contributed by atoms with Crippen LogP contribution in [0.25, 0.3) is 0 Å². The van der Waals surface area contributed by atoms with Crippen molar-refractivity contribution in [2.45, 2.75) is 12.5 Å². The Morgan fingerprint density at radius 1 is 1.29 bits per heavy atom. The van der Waals surface area contributed by atoms with Crippen LogP contribution in [0.3, 0.4) is 0 Å². The van der Waals surface area contributed by atoms with Gasteiger partial charge in [0.05, 0.1) is 12.6 Å². The molecule has 21 heavy (non-hydrogen) atoms. The predicted octanol–water partition coefficient (Wildman–Crippen LogP) is 4.95. The van der Waals surface area contributed by atoms with Crippen LogP contribution in [0, 0.1) is 3.57 Å². The number of hydrogen-bond acceptors (Lipinski definition) is 2. The van der Waals surface area contributed by atoms with Gasteiger partial charge < -0.3 is 10.1 Å². The molecular formula is C16H14BrClINO. The molecule has 2 aromatic rings. The van der Waals surface area contributed by atoms with Gasteiger partial charge in [-0.3, -0.25) is 0 Å². The van der Waals surface area contributed by atoms with Crippen LogP contribution in [0.4, 0.5) is 0 Å². The van der Waals surface area contributed by atoms with Gasteiger partial charge in [-0.25, -0.2) is 0 Å². The van der Waals surface area contributed by atoms with Crippen molar-refractivity contribution in [1.29, 1.82) is 0 Å². The molecule has 110 valence electrons. The van der Waals surface area contributed by atoms with E-state index in [1.807, 2.05) is 19.2 Å². The Labute approximate surface area is 151 Å². The molecule has 1 aliphatic heterocycles. The number of hydrogen-bond donors (Lipinski definition) is 1. The van der Waals surface area contributed by atoms with Crippen molar-refractivity contribution in [3.05, 3.63) is 60.1 Å². The maximum absolute atomic E-state index is 6.29. The monoisotopic (exact) mass is 477 g/mol. The molecule has 0 fully saturated rings. The summed E-state index contributed by atoms with van der Waals surface area (Å²) in [5.41, 5.74) is 3.52. The molecule has 1 heterocycles. The van der Waals surface area contributed by atoms with Gasteiger partial charge in [0.15, 0.2) is 0 Å². The van der Waals surface area contributed by atoms with Crippen LogP contribution in [-0.2, 0) is 6.42 Å². The number of halogens is 3. The maximum Gasteiger partial charge on any atom is 0.127 e. The Kier molecular flexibility index (Phi) is 4.78. The van der Waals surface area contributed by atoms with Crippen LogP contribution in [0.1, 0.15) is 22.7 Å². The van der Waals surface area contributed by atoms with E-state index >= 15 is 0 Å². The Bertz CT molecular complexity index is 692. The van der Waals surface area contributed by atoms with E-state index in [0.29, 0.717) is 0 Å². The molecule has 0 saturated heterocycles. The summed E-state index contributed by atoms with van der Waals surface area (Å²) in [5.74, 6) is 0.981. The summed E-state index contributed by atoms with van der Waals surface area (Å²) < 4.78 is 8.12. The normalized spacial score (nSPS) is 14.7. The first-order valence-corrected chi connectivity index (χ1v) is 8.92.